The second-order valence-electron chi connectivity index (χ2n) is 5.70. The summed E-state index contributed by atoms with van der Waals surface area (Å²) in [5.41, 5.74) is 1.03. The predicted octanol–water partition coefficient (Wildman–Crippen LogP) is 4.38. The van der Waals surface area contributed by atoms with Gasteiger partial charge in [0.05, 0.1) is 12.2 Å². The summed E-state index contributed by atoms with van der Waals surface area (Å²) in [6.07, 6.45) is 1.86. The van der Waals surface area contributed by atoms with Gasteiger partial charge < -0.3 is 10.6 Å². The van der Waals surface area contributed by atoms with E-state index in [1.165, 1.54) is 15.6 Å². The second kappa shape index (κ2) is 9.72. The Bertz CT molecular complexity index is 812. The van der Waals surface area contributed by atoms with Gasteiger partial charge in [0.1, 0.15) is 0 Å². The molecule has 0 amide bonds. The standard InChI is InChI=1S/C19H22N4S.HI/c1-14(18-8-5-11-24-18)12-22-19(20-2)23-13-17-16-7-4-3-6-15(16)9-10-21-17;/h3-11,14H,12-13H2,1-2H3,(H2,20,22,23);1H. The fraction of sp³-hybridized carbons (Fsp3) is 0.263. The number of nitrogens with one attached hydrogen (secondary N) is 2. The quantitative estimate of drug-likeness (QED) is 0.333. The molecule has 1 aromatic carbocycles. The van der Waals surface area contributed by atoms with Crippen LogP contribution in [0.15, 0.2) is 59.0 Å². The number of halogens is 1. The van der Waals surface area contributed by atoms with Gasteiger partial charge in [0, 0.05) is 36.0 Å². The molecule has 0 fully saturated rings. The summed E-state index contributed by atoms with van der Waals surface area (Å²) in [6.45, 7) is 3.72. The van der Waals surface area contributed by atoms with Crippen LogP contribution in [0.25, 0.3) is 10.8 Å². The highest BCUT2D eigenvalue weighted by molar-refractivity contribution is 14.0. The highest BCUT2D eigenvalue weighted by Gasteiger charge is 2.08. The Kier molecular flexibility index (Phi) is 7.64. The van der Waals surface area contributed by atoms with Crippen molar-refractivity contribution in [3.8, 4) is 0 Å². The van der Waals surface area contributed by atoms with Crippen molar-refractivity contribution in [3.05, 3.63) is 64.6 Å². The number of fused-ring (bicyclic) bond motifs is 1. The molecule has 6 heteroatoms. The third kappa shape index (κ3) is 5.15. The van der Waals surface area contributed by atoms with Crippen LogP contribution in [0.3, 0.4) is 0 Å². The van der Waals surface area contributed by atoms with Gasteiger partial charge in [0.2, 0.25) is 0 Å². The number of hydrogen-bond acceptors (Lipinski definition) is 3. The average Bonchev–Trinajstić information content (AvgIpc) is 3.16. The van der Waals surface area contributed by atoms with Gasteiger partial charge in [-0.25, -0.2) is 0 Å². The molecular weight excluding hydrogens is 443 g/mol. The maximum absolute atomic E-state index is 4.51. The Morgan fingerprint density at radius 3 is 2.76 bits per heavy atom. The number of aromatic nitrogens is 1. The van der Waals surface area contributed by atoms with Crippen molar-refractivity contribution in [2.45, 2.75) is 19.4 Å². The Morgan fingerprint density at radius 1 is 1.16 bits per heavy atom. The first-order valence-electron chi connectivity index (χ1n) is 8.08. The molecule has 3 aromatic rings. The molecule has 0 aliphatic rings. The SMILES string of the molecule is CN=C(NCc1nccc2ccccc12)NCC(C)c1cccs1.I. The Balaban J connectivity index is 0.00000225. The summed E-state index contributed by atoms with van der Waals surface area (Å²) in [5.74, 6) is 1.26. The Morgan fingerprint density at radius 2 is 2.00 bits per heavy atom. The lowest BCUT2D eigenvalue weighted by molar-refractivity contribution is 0.706. The average molecular weight is 466 g/mol. The van der Waals surface area contributed by atoms with Crippen molar-refractivity contribution in [1.29, 1.82) is 0 Å². The van der Waals surface area contributed by atoms with Crippen LogP contribution < -0.4 is 10.6 Å². The summed E-state index contributed by atoms with van der Waals surface area (Å²) >= 11 is 1.79. The van der Waals surface area contributed by atoms with Crippen LogP contribution in [-0.4, -0.2) is 24.5 Å². The number of benzene rings is 1. The van der Waals surface area contributed by atoms with Crippen LogP contribution in [0.1, 0.15) is 23.4 Å². The van der Waals surface area contributed by atoms with E-state index in [2.05, 4.69) is 57.2 Å². The van der Waals surface area contributed by atoms with E-state index in [0.29, 0.717) is 12.5 Å². The number of nitrogens with zero attached hydrogens (tertiary/aromatic N) is 2. The first kappa shape index (κ1) is 19.7. The molecule has 2 N–H and O–H groups in total. The van der Waals surface area contributed by atoms with Crippen LogP contribution in [0, 0.1) is 0 Å². The van der Waals surface area contributed by atoms with E-state index >= 15 is 0 Å². The van der Waals surface area contributed by atoms with E-state index in [9.17, 15) is 0 Å². The van der Waals surface area contributed by atoms with Gasteiger partial charge in [0.15, 0.2) is 5.96 Å². The molecule has 2 aromatic heterocycles. The molecule has 0 aliphatic heterocycles. The third-order valence-electron chi connectivity index (χ3n) is 4.01. The highest BCUT2D eigenvalue weighted by Crippen LogP contribution is 2.19. The molecule has 0 spiro atoms. The van der Waals surface area contributed by atoms with Gasteiger partial charge in [-0.1, -0.05) is 37.3 Å². The highest BCUT2D eigenvalue weighted by atomic mass is 127. The number of pyridine rings is 1. The first-order valence-corrected chi connectivity index (χ1v) is 8.96. The Labute approximate surface area is 169 Å². The lowest BCUT2D eigenvalue weighted by Gasteiger charge is -2.15. The first-order chi connectivity index (χ1) is 11.8. The van der Waals surface area contributed by atoms with Crippen molar-refractivity contribution in [2.75, 3.05) is 13.6 Å². The zero-order valence-electron chi connectivity index (χ0n) is 14.4. The molecule has 0 radical (unpaired) electrons. The summed E-state index contributed by atoms with van der Waals surface area (Å²) < 4.78 is 0. The molecule has 0 saturated heterocycles. The summed E-state index contributed by atoms with van der Waals surface area (Å²) in [4.78, 5) is 10.2. The molecule has 1 unspecified atom stereocenters. The van der Waals surface area contributed by atoms with Crippen molar-refractivity contribution in [1.82, 2.24) is 15.6 Å². The van der Waals surface area contributed by atoms with Crippen LogP contribution >= 0.6 is 35.3 Å². The van der Waals surface area contributed by atoms with Gasteiger partial charge in [-0.3, -0.25) is 9.98 Å². The van der Waals surface area contributed by atoms with E-state index in [4.69, 9.17) is 0 Å². The van der Waals surface area contributed by atoms with E-state index in [1.807, 2.05) is 24.4 Å². The molecule has 0 aliphatic carbocycles. The Hall–Kier alpha value is -1.67. The lowest BCUT2D eigenvalue weighted by atomic mass is 10.1. The molecule has 3 rings (SSSR count). The van der Waals surface area contributed by atoms with Gasteiger partial charge in [0.25, 0.3) is 0 Å². The lowest BCUT2D eigenvalue weighted by Crippen LogP contribution is -2.38. The number of rotatable bonds is 5. The van der Waals surface area contributed by atoms with E-state index in [1.54, 1.807) is 18.4 Å². The smallest absolute Gasteiger partial charge is 0.191 e. The molecule has 4 nitrogen and oxygen atoms in total. The number of guanidine groups is 1. The monoisotopic (exact) mass is 466 g/mol. The van der Waals surface area contributed by atoms with E-state index in [0.717, 1.165) is 18.2 Å². The molecule has 2 heterocycles. The topological polar surface area (TPSA) is 49.3 Å². The third-order valence-corrected chi connectivity index (χ3v) is 5.11. The van der Waals surface area contributed by atoms with Crippen molar-refractivity contribution < 1.29 is 0 Å². The maximum Gasteiger partial charge on any atom is 0.191 e. The van der Waals surface area contributed by atoms with Crippen LogP contribution in [0.2, 0.25) is 0 Å². The van der Waals surface area contributed by atoms with Gasteiger partial charge in [-0.15, -0.1) is 35.3 Å². The zero-order chi connectivity index (χ0) is 16.8. The van der Waals surface area contributed by atoms with E-state index < -0.39 is 0 Å². The molecule has 1 atom stereocenters. The van der Waals surface area contributed by atoms with E-state index in [-0.39, 0.29) is 24.0 Å². The molecule has 132 valence electrons. The van der Waals surface area contributed by atoms with Gasteiger partial charge in [-0.2, -0.15) is 0 Å². The molecule has 25 heavy (non-hydrogen) atoms. The largest absolute Gasteiger partial charge is 0.356 e. The zero-order valence-corrected chi connectivity index (χ0v) is 17.5. The fourth-order valence-electron chi connectivity index (χ4n) is 2.63. The van der Waals surface area contributed by atoms with Gasteiger partial charge >= 0.3 is 0 Å². The fourth-order valence-corrected chi connectivity index (χ4v) is 3.42. The van der Waals surface area contributed by atoms with Crippen LogP contribution in [0.5, 0.6) is 0 Å². The molecular formula is C19H23IN4S. The van der Waals surface area contributed by atoms with Crippen LogP contribution in [0.4, 0.5) is 0 Å². The summed E-state index contributed by atoms with van der Waals surface area (Å²) in [7, 11) is 1.79. The minimum atomic E-state index is 0. The maximum atomic E-state index is 4.51. The minimum absolute atomic E-state index is 0. The summed E-state index contributed by atoms with van der Waals surface area (Å²) in [6, 6.07) is 14.6. The predicted molar refractivity (Wildman–Crippen MR) is 118 cm³/mol. The molecule has 0 bridgehead atoms. The van der Waals surface area contributed by atoms with Crippen molar-refractivity contribution in [3.63, 3.8) is 0 Å². The summed E-state index contributed by atoms with van der Waals surface area (Å²) in [5, 5.41) is 11.3. The minimum Gasteiger partial charge on any atom is -0.356 e. The van der Waals surface area contributed by atoms with Gasteiger partial charge in [-0.05, 0) is 22.9 Å². The normalized spacial score (nSPS) is 12.5. The number of thiophene rings is 1. The number of aliphatic imine (C=N–C) groups is 1. The van der Waals surface area contributed by atoms with Crippen molar-refractivity contribution in [2.24, 2.45) is 4.99 Å². The second-order valence-corrected chi connectivity index (χ2v) is 6.68. The van der Waals surface area contributed by atoms with Crippen molar-refractivity contribution >= 4 is 52.0 Å². The number of hydrogen-bond donors (Lipinski definition) is 2. The molecule has 0 saturated carbocycles. The van der Waals surface area contributed by atoms with Crippen LogP contribution in [-0.2, 0) is 6.54 Å².